The van der Waals surface area contributed by atoms with E-state index in [-0.39, 0.29) is 17.8 Å². The van der Waals surface area contributed by atoms with E-state index in [0.29, 0.717) is 30.8 Å². The number of amides is 1. The van der Waals surface area contributed by atoms with Crippen molar-refractivity contribution in [3.8, 4) is 0 Å². The lowest BCUT2D eigenvalue weighted by molar-refractivity contribution is 0.0457. The summed E-state index contributed by atoms with van der Waals surface area (Å²) in [6, 6.07) is 4.66. The summed E-state index contributed by atoms with van der Waals surface area (Å²) >= 11 is 0. The minimum Gasteiger partial charge on any atom is -0.390 e. The molecule has 0 bridgehead atoms. The van der Waals surface area contributed by atoms with Crippen LogP contribution in [0, 0.1) is 12.7 Å². The maximum Gasteiger partial charge on any atom is 0.254 e. The Bertz CT molecular complexity index is 596. The number of carbonyl (C=O) groups is 1. The van der Waals surface area contributed by atoms with E-state index in [1.165, 1.54) is 18.9 Å². The van der Waals surface area contributed by atoms with Crippen LogP contribution in [0.4, 0.5) is 4.39 Å². The molecule has 138 valence electrons. The first-order chi connectivity index (χ1) is 12.0. The summed E-state index contributed by atoms with van der Waals surface area (Å²) in [6.07, 6.45) is 2.12. The smallest absolute Gasteiger partial charge is 0.254 e. The number of hydrogen-bond donors (Lipinski definition) is 1. The predicted octanol–water partition coefficient (Wildman–Crippen LogP) is 1.35. The van der Waals surface area contributed by atoms with Crippen molar-refractivity contribution in [2.45, 2.75) is 25.9 Å². The van der Waals surface area contributed by atoms with Crippen LogP contribution in [-0.4, -0.2) is 84.2 Å². The van der Waals surface area contributed by atoms with E-state index >= 15 is 0 Å². The molecule has 1 atom stereocenters. The van der Waals surface area contributed by atoms with Crippen molar-refractivity contribution in [2.24, 2.45) is 0 Å². The van der Waals surface area contributed by atoms with Gasteiger partial charge in [0.2, 0.25) is 0 Å². The fourth-order valence-corrected chi connectivity index (χ4v) is 3.66. The zero-order chi connectivity index (χ0) is 17.8. The van der Waals surface area contributed by atoms with Gasteiger partial charge in [-0.05, 0) is 50.6 Å². The van der Waals surface area contributed by atoms with Crippen LogP contribution in [0.15, 0.2) is 18.2 Å². The van der Waals surface area contributed by atoms with Crippen LogP contribution in [0.3, 0.4) is 0 Å². The Morgan fingerprint density at radius 3 is 2.28 bits per heavy atom. The molecule has 6 heteroatoms. The number of aryl methyl sites for hydroxylation is 1. The summed E-state index contributed by atoms with van der Waals surface area (Å²) in [7, 11) is 0. The minimum absolute atomic E-state index is 0.115. The largest absolute Gasteiger partial charge is 0.390 e. The van der Waals surface area contributed by atoms with Gasteiger partial charge < -0.3 is 14.9 Å². The lowest BCUT2D eigenvalue weighted by Gasteiger charge is -2.36. The second-order valence-electron chi connectivity index (χ2n) is 7.22. The first-order valence-electron chi connectivity index (χ1n) is 9.21. The van der Waals surface area contributed by atoms with Crippen LogP contribution < -0.4 is 0 Å². The summed E-state index contributed by atoms with van der Waals surface area (Å²) in [4.78, 5) is 18.8. The molecule has 2 saturated heterocycles. The quantitative estimate of drug-likeness (QED) is 0.872. The van der Waals surface area contributed by atoms with E-state index in [4.69, 9.17) is 0 Å². The highest BCUT2D eigenvalue weighted by atomic mass is 19.1. The summed E-state index contributed by atoms with van der Waals surface area (Å²) in [5.41, 5.74) is 0.957. The van der Waals surface area contributed by atoms with E-state index in [0.717, 1.165) is 32.7 Å². The lowest BCUT2D eigenvalue weighted by Crippen LogP contribution is -2.51. The number of hydrogen-bond acceptors (Lipinski definition) is 4. The molecule has 1 amide bonds. The normalized spacial score (nSPS) is 20.8. The van der Waals surface area contributed by atoms with Crippen LogP contribution in [0.5, 0.6) is 0 Å². The molecule has 0 radical (unpaired) electrons. The van der Waals surface area contributed by atoms with Crippen molar-refractivity contribution >= 4 is 5.91 Å². The van der Waals surface area contributed by atoms with Crippen LogP contribution in [0.25, 0.3) is 0 Å². The third kappa shape index (κ3) is 4.77. The lowest BCUT2D eigenvalue weighted by atomic mass is 10.1. The van der Waals surface area contributed by atoms with E-state index in [9.17, 15) is 14.3 Å². The molecule has 0 aromatic heterocycles. The first-order valence-corrected chi connectivity index (χ1v) is 9.21. The molecule has 3 rings (SSSR count). The molecular weight excluding hydrogens is 321 g/mol. The number of benzene rings is 1. The van der Waals surface area contributed by atoms with Gasteiger partial charge in [0.1, 0.15) is 5.82 Å². The average Bonchev–Trinajstić information content (AvgIpc) is 3.10. The number of likely N-dealkylation sites (tertiary alicyclic amines) is 1. The van der Waals surface area contributed by atoms with Gasteiger partial charge in [0.15, 0.2) is 0 Å². The van der Waals surface area contributed by atoms with Crippen molar-refractivity contribution < 1.29 is 14.3 Å². The maximum atomic E-state index is 13.7. The van der Waals surface area contributed by atoms with E-state index in [1.807, 2.05) is 0 Å². The Hall–Kier alpha value is -1.50. The zero-order valence-electron chi connectivity index (χ0n) is 15.0. The molecule has 25 heavy (non-hydrogen) atoms. The number of aliphatic hydroxyl groups excluding tert-OH is 1. The summed E-state index contributed by atoms with van der Waals surface area (Å²) in [5.74, 6) is -0.453. The van der Waals surface area contributed by atoms with Crippen LogP contribution >= 0.6 is 0 Å². The standard InChI is InChI=1S/C19H28FN3O2/c1-15-4-5-16(12-18(15)20)19(25)23-10-8-22(9-11-23)14-17(24)13-21-6-2-3-7-21/h4-5,12,17,24H,2-3,6-11,13-14H2,1H3. The average molecular weight is 349 g/mol. The number of halogens is 1. The zero-order valence-corrected chi connectivity index (χ0v) is 15.0. The van der Waals surface area contributed by atoms with Crippen molar-refractivity contribution in [1.82, 2.24) is 14.7 Å². The van der Waals surface area contributed by atoms with Crippen LogP contribution in [0.2, 0.25) is 0 Å². The third-order valence-corrected chi connectivity index (χ3v) is 5.21. The fraction of sp³-hybridized carbons (Fsp3) is 0.632. The minimum atomic E-state index is -0.341. The molecule has 1 N–H and O–H groups in total. The van der Waals surface area contributed by atoms with Crippen LogP contribution in [-0.2, 0) is 0 Å². The summed E-state index contributed by atoms with van der Waals surface area (Å²) in [6.45, 7) is 7.98. The molecule has 1 aromatic carbocycles. The van der Waals surface area contributed by atoms with Gasteiger partial charge in [-0.25, -0.2) is 4.39 Å². The topological polar surface area (TPSA) is 47.0 Å². The highest BCUT2D eigenvalue weighted by Crippen LogP contribution is 2.14. The fourth-order valence-electron chi connectivity index (χ4n) is 3.66. The Morgan fingerprint density at radius 1 is 1.08 bits per heavy atom. The SMILES string of the molecule is Cc1ccc(C(=O)N2CCN(CC(O)CN3CCCC3)CC2)cc1F. The number of β-amino-alcohol motifs (C(OH)–C–C–N with tert-alkyl or cyclic N) is 1. The van der Waals surface area contributed by atoms with Crippen molar-refractivity contribution in [3.63, 3.8) is 0 Å². The van der Waals surface area contributed by atoms with Gasteiger partial charge >= 0.3 is 0 Å². The Labute approximate surface area is 149 Å². The highest BCUT2D eigenvalue weighted by molar-refractivity contribution is 5.94. The Kier molecular flexibility index (Phi) is 6.04. The molecule has 0 saturated carbocycles. The van der Waals surface area contributed by atoms with Gasteiger partial charge in [0.05, 0.1) is 6.10 Å². The van der Waals surface area contributed by atoms with Crippen molar-refractivity contribution in [3.05, 3.63) is 35.1 Å². The second kappa shape index (κ2) is 8.25. The Morgan fingerprint density at radius 2 is 1.68 bits per heavy atom. The third-order valence-electron chi connectivity index (χ3n) is 5.21. The number of rotatable bonds is 5. The first kappa shape index (κ1) is 18.3. The molecule has 5 nitrogen and oxygen atoms in total. The number of aliphatic hydroxyl groups is 1. The van der Waals surface area contributed by atoms with Gasteiger partial charge in [-0.2, -0.15) is 0 Å². The van der Waals surface area contributed by atoms with Crippen molar-refractivity contribution in [1.29, 1.82) is 0 Å². The number of carbonyl (C=O) groups excluding carboxylic acids is 1. The van der Waals surface area contributed by atoms with Crippen LogP contribution in [0.1, 0.15) is 28.8 Å². The summed E-state index contributed by atoms with van der Waals surface area (Å²) in [5, 5.41) is 10.3. The molecule has 2 heterocycles. The highest BCUT2D eigenvalue weighted by Gasteiger charge is 2.24. The predicted molar refractivity (Wildman–Crippen MR) is 95.2 cm³/mol. The van der Waals surface area contributed by atoms with E-state index < -0.39 is 0 Å². The summed E-state index contributed by atoms with van der Waals surface area (Å²) < 4.78 is 13.7. The van der Waals surface area contributed by atoms with Gasteiger partial charge in [0, 0.05) is 44.8 Å². The molecule has 0 spiro atoms. The molecule has 2 aliphatic heterocycles. The molecule has 2 fully saturated rings. The number of nitrogens with zero attached hydrogens (tertiary/aromatic N) is 3. The maximum absolute atomic E-state index is 13.7. The van der Waals surface area contributed by atoms with E-state index in [2.05, 4.69) is 9.80 Å². The molecule has 0 aliphatic carbocycles. The Balaban J connectivity index is 1.46. The molecule has 1 aromatic rings. The molecule has 1 unspecified atom stereocenters. The van der Waals surface area contributed by atoms with Gasteiger partial charge in [0.25, 0.3) is 5.91 Å². The van der Waals surface area contributed by atoms with Crippen molar-refractivity contribution in [2.75, 3.05) is 52.4 Å². The van der Waals surface area contributed by atoms with Gasteiger partial charge in [-0.3, -0.25) is 9.69 Å². The molecule has 2 aliphatic rings. The van der Waals surface area contributed by atoms with Gasteiger partial charge in [-0.15, -0.1) is 0 Å². The second-order valence-corrected chi connectivity index (χ2v) is 7.22. The van der Waals surface area contributed by atoms with E-state index in [1.54, 1.807) is 24.0 Å². The monoisotopic (exact) mass is 349 g/mol. The number of piperazine rings is 1. The van der Waals surface area contributed by atoms with Gasteiger partial charge in [-0.1, -0.05) is 6.07 Å². The molecular formula is C19H28FN3O2.